The summed E-state index contributed by atoms with van der Waals surface area (Å²) in [7, 11) is 0. The zero-order chi connectivity index (χ0) is 17.2. The van der Waals surface area contributed by atoms with E-state index in [1.54, 1.807) is 4.90 Å². The predicted molar refractivity (Wildman–Crippen MR) is 104 cm³/mol. The van der Waals surface area contributed by atoms with Crippen molar-refractivity contribution in [3.63, 3.8) is 0 Å². The molecular formula is C18H33N4OS+. The molecule has 0 unspecified atom stereocenters. The Morgan fingerprint density at radius 3 is 2.79 bits per heavy atom. The van der Waals surface area contributed by atoms with E-state index < -0.39 is 0 Å². The SMILES string of the molecule is CCCCCC1=C(C)CC/C1=N/NC(=S)NCC[NH+]1CCOCC1. The molecule has 1 aliphatic carbocycles. The minimum absolute atomic E-state index is 0.632. The van der Waals surface area contributed by atoms with Crippen LogP contribution in [0.25, 0.3) is 0 Å². The number of thiocarbonyl (C=S) groups is 1. The molecule has 24 heavy (non-hydrogen) atoms. The lowest BCUT2D eigenvalue weighted by atomic mass is 10.0. The van der Waals surface area contributed by atoms with Gasteiger partial charge in [-0.3, -0.25) is 5.43 Å². The van der Waals surface area contributed by atoms with Gasteiger partial charge < -0.3 is 15.0 Å². The number of morpholine rings is 1. The number of nitrogens with one attached hydrogen (secondary N) is 3. The molecule has 2 rings (SSSR count). The van der Waals surface area contributed by atoms with Crippen molar-refractivity contribution in [1.29, 1.82) is 0 Å². The Kier molecular flexibility index (Phi) is 8.70. The molecule has 0 aromatic rings. The molecule has 0 amide bonds. The highest BCUT2D eigenvalue weighted by molar-refractivity contribution is 7.80. The normalized spacial score (nSPS) is 20.7. The van der Waals surface area contributed by atoms with E-state index in [0.29, 0.717) is 5.11 Å². The Hall–Kier alpha value is -0.980. The largest absolute Gasteiger partial charge is 0.370 e. The van der Waals surface area contributed by atoms with Crippen LogP contribution in [0.4, 0.5) is 0 Å². The summed E-state index contributed by atoms with van der Waals surface area (Å²) >= 11 is 5.35. The van der Waals surface area contributed by atoms with E-state index in [1.807, 2.05) is 0 Å². The molecule has 1 aliphatic heterocycles. The van der Waals surface area contributed by atoms with Crippen LogP contribution in [0.3, 0.4) is 0 Å². The van der Waals surface area contributed by atoms with Gasteiger partial charge in [0.05, 0.1) is 32.0 Å². The van der Waals surface area contributed by atoms with Crippen molar-refractivity contribution < 1.29 is 9.64 Å². The lowest BCUT2D eigenvalue weighted by Gasteiger charge is -2.23. The lowest BCUT2D eigenvalue weighted by molar-refractivity contribution is -0.906. The van der Waals surface area contributed by atoms with Crippen LogP contribution in [0.1, 0.15) is 52.4 Å². The monoisotopic (exact) mass is 353 g/mol. The maximum Gasteiger partial charge on any atom is 0.187 e. The highest BCUT2D eigenvalue weighted by Crippen LogP contribution is 2.27. The number of nitrogens with zero attached hydrogens (tertiary/aromatic N) is 1. The topological polar surface area (TPSA) is 50.1 Å². The average molecular weight is 354 g/mol. The second-order valence-corrected chi connectivity index (χ2v) is 7.16. The van der Waals surface area contributed by atoms with E-state index in [0.717, 1.165) is 58.7 Å². The number of unbranched alkanes of at least 4 members (excludes halogenated alkanes) is 2. The third-order valence-corrected chi connectivity index (χ3v) is 5.12. The van der Waals surface area contributed by atoms with Crippen molar-refractivity contribution in [2.45, 2.75) is 52.4 Å². The molecule has 0 saturated carbocycles. The molecule has 1 saturated heterocycles. The summed E-state index contributed by atoms with van der Waals surface area (Å²) in [6.45, 7) is 10.4. The van der Waals surface area contributed by atoms with Gasteiger partial charge in [-0.2, -0.15) is 5.10 Å². The zero-order valence-electron chi connectivity index (χ0n) is 15.2. The number of hydrazone groups is 1. The van der Waals surface area contributed by atoms with Crippen LogP contribution in [0.15, 0.2) is 16.2 Å². The minimum atomic E-state index is 0.632. The first kappa shape index (κ1) is 19.3. The van der Waals surface area contributed by atoms with Crippen molar-refractivity contribution >= 4 is 23.0 Å². The molecule has 0 spiro atoms. The lowest BCUT2D eigenvalue weighted by Crippen LogP contribution is -3.14. The molecule has 6 heteroatoms. The highest BCUT2D eigenvalue weighted by Gasteiger charge is 2.18. The number of hydrogen-bond acceptors (Lipinski definition) is 3. The number of ether oxygens (including phenoxy) is 1. The quantitative estimate of drug-likeness (QED) is 0.351. The van der Waals surface area contributed by atoms with Gasteiger partial charge in [-0.25, -0.2) is 0 Å². The maximum atomic E-state index is 5.37. The van der Waals surface area contributed by atoms with Gasteiger partial charge in [0.15, 0.2) is 5.11 Å². The smallest absolute Gasteiger partial charge is 0.187 e. The fraction of sp³-hybridized carbons (Fsp3) is 0.778. The van der Waals surface area contributed by atoms with Crippen LogP contribution in [0.5, 0.6) is 0 Å². The van der Waals surface area contributed by atoms with Crippen LogP contribution in [-0.4, -0.2) is 50.2 Å². The van der Waals surface area contributed by atoms with Gasteiger partial charge in [0.2, 0.25) is 0 Å². The summed E-state index contributed by atoms with van der Waals surface area (Å²) in [6.07, 6.45) is 7.15. The molecule has 0 atom stereocenters. The molecule has 3 N–H and O–H groups in total. The van der Waals surface area contributed by atoms with Crippen molar-refractivity contribution in [2.24, 2.45) is 5.10 Å². The van der Waals surface area contributed by atoms with Gasteiger partial charge in [0, 0.05) is 0 Å². The Morgan fingerprint density at radius 1 is 1.25 bits per heavy atom. The Bertz CT molecular complexity index is 470. The van der Waals surface area contributed by atoms with E-state index in [1.165, 1.54) is 36.1 Å². The molecule has 0 bridgehead atoms. The summed E-state index contributed by atoms with van der Waals surface area (Å²) in [5, 5.41) is 8.48. The van der Waals surface area contributed by atoms with Gasteiger partial charge in [-0.05, 0) is 50.4 Å². The summed E-state index contributed by atoms with van der Waals surface area (Å²) in [6, 6.07) is 0. The molecule has 5 nitrogen and oxygen atoms in total. The molecule has 0 aromatic heterocycles. The first-order chi connectivity index (χ1) is 11.7. The molecular weight excluding hydrogens is 320 g/mol. The number of allylic oxidation sites excluding steroid dienone is 2. The average Bonchev–Trinajstić information content (AvgIpc) is 2.94. The molecule has 136 valence electrons. The van der Waals surface area contributed by atoms with E-state index in [-0.39, 0.29) is 0 Å². The van der Waals surface area contributed by atoms with Crippen molar-refractivity contribution in [3.05, 3.63) is 11.1 Å². The van der Waals surface area contributed by atoms with Crippen LogP contribution in [-0.2, 0) is 4.74 Å². The highest BCUT2D eigenvalue weighted by atomic mass is 32.1. The fourth-order valence-electron chi connectivity index (χ4n) is 3.31. The standard InChI is InChI=1S/C18H32N4OS/c1-3-4-5-6-16-15(2)7-8-17(16)20-21-18(24)19-9-10-22-11-13-23-14-12-22/h3-14H2,1-2H3,(H2,19,21,24)/p+1/b20-17-. The van der Waals surface area contributed by atoms with Crippen molar-refractivity contribution in [1.82, 2.24) is 10.7 Å². The van der Waals surface area contributed by atoms with Crippen molar-refractivity contribution in [3.8, 4) is 0 Å². The van der Waals surface area contributed by atoms with Gasteiger partial charge in [-0.15, -0.1) is 0 Å². The summed E-state index contributed by atoms with van der Waals surface area (Å²) < 4.78 is 5.37. The summed E-state index contributed by atoms with van der Waals surface area (Å²) in [5.74, 6) is 0. The Morgan fingerprint density at radius 2 is 2.04 bits per heavy atom. The fourth-order valence-corrected chi connectivity index (χ4v) is 3.46. The Labute approximate surface area is 151 Å². The van der Waals surface area contributed by atoms with E-state index in [4.69, 9.17) is 17.0 Å². The van der Waals surface area contributed by atoms with Gasteiger partial charge >= 0.3 is 0 Å². The number of rotatable bonds is 8. The third-order valence-electron chi connectivity index (χ3n) is 4.89. The maximum absolute atomic E-state index is 5.37. The van der Waals surface area contributed by atoms with E-state index in [9.17, 15) is 0 Å². The van der Waals surface area contributed by atoms with Gasteiger partial charge in [0.25, 0.3) is 0 Å². The third kappa shape index (κ3) is 6.49. The zero-order valence-corrected chi connectivity index (χ0v) is 16.1. The second kappa shape index (κ2) is 10.8. The first-order valence-electron chi connectivity index (χ1n) is 9.41. The number of quaternary nitrogens is 1. The predicted octanol–water partition coefficient (Wildman–Crippen LogP) is 1.41. The first-order valence-corrected chi connectivity index (χ1v) is 9.82. The molecule has 2 aliphatic rings. The minimum Gasteiger partial charge on any atom is -0.370 e. The van der Waals surface area contributed by atoms with Crippen LogP contribution in [0, 0.1) is 0 Å². The van der Waals surface area contributed by atoms with Gasteiger partial charge in [0.1, 0.15) is 13.1 Å². The number of hydrogen-bond donors (Lipinski definition) is 3. The van der Waals surface area contributed by atoms with Crippen LogP contribution < -0.4 is 15.6 Å². The molecule has 1 fully saturated rings. The van der Waals surface area contributed by atoms with E-state index >= 15 is 0 Å². The summed E-state index contributed by atoms with van der Waals surface area (Å²) in [4.78, 5) is 1.58. The molecule has 0 radical (unpaired) electrons. The second-order valence-electron chi connectivity index (χ2n) is 6.75. The van der Waals surface area contributed by atoms with Gasteiger partial charge in [-0.1, -0.05) is 25.3 Å². The Balaban J connectivity index is 1.69. The summed E-state index contributed by atoms with van der Waals surface area (Å²) in [5.41, 5.74) is 7.20. The van der Waals surface area contributed by atoms with Crippen molar-refractivity contribution in [2.75, 3.05) is 39.4 Å². The molecule has 0 aromatic carbocycles. The van der Waals surface area contributed by atoms with Crippen LogP contribution >= 0.6 is 12.2 Å². The van der Waals surface area contributed by atoms with E-state index in [2.05, 4.69) is 29.7 Å². The van der Waals surface area contributed by atoms with Crippen LogP contribution in [0.2, 0.25) is 0 Å². The molecule has 1 heterocycles.